The molecule has 3 rings (SSSR count). The van der Waals surface area contributed by atoms with Crippen LogP contribution >= 0.6 is 0 Å². The van der Waals surface area contributed by atoms with Crippen molar-refractivity contribution in [3.8, 4) is 5.75 Å². The average Bonchev–Trinajstić information content (AvgIpc) is 2.83. The molecule has 0 unspecified atom stereocenters. The zero-order chi connectivity index (χ0) is 26.3. The van der Waals surface area contributed by atoms with Crippen molar-refractivity contribution in [2.24, 2.45) is 0 Å². The van der Waals surface area contributed by atoms with Gasteiger partial charge in [-0.2, -0.15) is 0 Å². The molecule has 0 radical (unpaired) electrons. The van der Waals surface area contributed by atoms with Crippen molar-refractivity contribution in [1.29, 1.82) is 0 Å². The van der Waals surface area contributed by atoms with Gasteiger partial charge in [0.15, 0.2) is 0 Å². The first-order valence-corrected chi connectivity index (χ1v) is 12.8. The van der Waals surface area contributed by atoms with Crippen LogP contribution in [-0.2, 0) is 14.8 Å². The Labute approximate surface area is 210 Å². The van der Waals surface area contributed by atoms with Crippen LogP contribution in [0.25, 0.3) is 0 Å². The summed E-state index contributed by atoms with van der Waals surface area (Å²) in [5.74, 6) is -1.11. The third-order valence-corrected chi connectivity index (χ3v) is 6.78. The summed E-state index contributed by atoms with van der Waals surface area (Å²) in [5, 5.41) is 5.39. The number of sulfonamides is 1. The van der Waals surface area contributed by atoms with Crippen molar-refractivity contribution >= 4 is 33.2 Å². The van der Waals surface area contributed by atoms with Crippen LogP contribution in [0.3, 0.4) is 0 Å². The molecule has 0 spiro atoms. The minimum Gasteiger partial charge on any atom is -0.494 e. The predicted molar refractivity (Wildman–Crippen MR) is 136 cm³/mol. The quantitative estimate of drug-likeness (QED) is 0.423. The summed E-state index contributed by atoms with van der Waals surface area (Å²) in [5.41, 5.74) is 0.576. The smallest absolute Gasteiger partial charge is 0.264 e. The standard InChI is InChI=1S/C26H28FN3O5S/c1-4-35-21-13-15-22(16-14-21)36(33,34)30(20-11-9-19(27)10-12-20)17-25(31)29-24-8-6-5-7-23(24)26(32)28-18(2)3/h5-16,18H,4,17H2,1-3H3,(H,28,32)(H,29,31). The van der Waals surface area contributed by atoms with E-state index in [4.69, 9.17) is 4.74 Å². The highest BCUT2D eigenvalue weighted by Crippen LogP contribution is 2.26. The van der Waals surface area contributed by atoms with Gasteiger partial charge < -0.3 is 15.4 Å². The molecule has 0 saturated carbocycles. The molecule has 0 bridgehead atoms. The molecule has 0 aliphatic carbocycles. The number of para-hydroxylation sites is 1. The summed E-state index contributed by atoms with van der Waals surface area (Å²) in [4.78, 5) is 25.5. The van der Waals surface area contributed by atoms with E-state index >= 15 is 0 Å². The van der Waals surface area contributed by atoms with E-state index in [0.29, 0.717) is 12.4 Å². The number of nitrogens with zero attached hydrogens (tertiary/aromatic N) is 1. The first-order valence-electron chi connectivity index (χ1n) is 11.3. The highest BCUT2D eigenvalue weighted by Gasteiger charge is 2.28. The van der Waals surface area contributed by atoms with E-state index in [2.05, 4.69) is 10.6 Å². The van der Waals surface area contributed by atoms with Crippen LogP contribution in [0, 0.1) is 5.82 Å². The lowest BCUT2D eigenvalue weighted by atomic mass is 10.1. The van der Waals surface area contributed by atoms with Crippen molar-refractivity contribution in [2.45, 2.75) is 31.7 Å². The number of nitrogens with one attached hydrogen (secondary N) is 2. The van der Waals surface area contributed by atoms with Gasteiger partial charge in [0, 0.05) is 6.04 Å². The molecule has 0 fully saturated rings. The number of hydrogen-bond donors (Lipinski definition) is 2. The first-order chi connectivity index (χ1) is 17.1. The lowest BCUT2D eigenvalue weighted by molar-refractivity contribution is -0.114. The van der Waals surface area contributed by atoms with Crippen LogP contribution in [0.2, 0.25) is 0 Å². The minimum absolute atomic E-state index is 0.0696. The highest BCUT2D eigenvalue weighted by atomic mass is 32.2. The summed E-state index contributed by atoms with van der Waals surface area (Å²) < 4.78 is 46.8. The number of ether oxygens (including phenoxy) is 1. The summed E-state index contributed by atoms with van der Waals surface area (Å²) in [6.07, 6.45) is 0. The molecule has 36 heavy (non-hydrogen) atoms. The third kappa shape index (κ3) is 6.60. The number of amides is 2. The van der Waals surface area contributed by atoms with Gasteiger partial charge in [0.1, 0.15) is 18.1 Å². The number of hydrogen-bond acceptors (Lipinski definition) is 5. The topological polar surface area (TPSA) is 105 Å². The number of carbonyl (C=O) groups is 2. The fourth-order valence-corrected chi connectivity index (χ4v) is 4.80. The van der Waals surface area contributed by atoms with E-state index < -0.39 is 28.3 Å². The molecule has 190 valence electrons. The van der Waals surface area contributed by atoms with Gasteiger partial charge in [-0.3, -0.25) is 13.9 Å². The van der Waals surface area contributed by atoms with Crippen molar-refractivity contribution in [1.82, 2.24) is 5.32 Å². The van der Waals surface area contributed by atoms with Gasteiger partial charge in [0.2, 0.25) is 5.91 Å². The number of benzene rings is 3. The molecule has 0 heterocycles. The monoisotopic (exact) mass is 513 g/mol. The van der Waals surface area contributed by atoms with Gasteiger partial charge in [-0.05, 0) is 81.4 Å². The molecule has 3 aromatic carbocycles. The summed E-state index contributed by atoms with van der Waals surface area (Å²) in [7, 11) is -4.21. The zero-order valence-corrected chi connectivity index (χ0v) is 21.0. The molecule has 2 N–H and O–H groups in total. The number of carbonyl (C=O) groups excluding carboxylic acids is 2. The second kappa shape index (κ2) is 11.7. The van der Waals surface area contributed by atoms with Gasteiger partial charge in [-0.1, -0.05) is 12.1 Å². The number of rotatable bonds is 10. The summed E-state index contributed by atoms with van der Waals surface area (Å²) in [6, 6.07) is 16.9. The van der Waals surface area contributed by atoms with E-state index in [1.54, 1.807) is 24.3 Å². The Morgan fingerprint density at radius 2 is 1.61 bits per heavy atom. The van der Waals surface area contributed by atoms with E-state index in [1.807, 2.05) is 20.8 Å². The highest BCUT2D eigenvalue weighted by molar-refractivity contribution is 7.92. The second-order valence-electron chi connectivity index (χ2n) is 8.11. The van der Waals surface area contributed by atoms with E-state index in [0.717, 1.165) is 16.4 Å². The zero-order valence-electron chi connectivity index (χ0n) is 20.2. The maximum Gasteiger partial charge on any atom is 0.264 e. The predicted octanol–water partition coefficient (Wildman–Crippen LogP) is 4.20. The molecular formula is C26H28FN3O5S. The Balaban J connectivity index is 1.91. The Morgan fingerprint density at radius 3 is 2.22 bits per heavy atom. The Bertz CT molecular complexity index is 1310. The molecule has 0 atom stereocenters. The molecule has 0 saturated heterocycles. The Hall–Kier alpha value is -3.92. The van der Waals surface area contributed by atoms with E-state index in [9.17, 15) is 22.4 Å². The fraction of sp³-hybridized carbons (Fsp3) is 0.231. The van der Waals surface area contributed by atoms with Crippen LogP contribution in [-0.4, -0.2) is 39.4 Å². The molecule has 0 aromatic heterocycles. The number of anilines is 2. The van der Waals surface area contributed by atoms with E-state index in [1.165, 1.54) is 36.4 Å². The van der Waals surface area contributed by atoms with Crippen LogP contribution in [0.15, 0.2) is 77.7 Å². The lowest BCUT2D eigenvalue weighted by Crippen LogP contribution is -2.38. The first kappa shape index (κ1) is 26.7. The van der Waals surface area contributed by atoms with Gasteiger partial charge in [-0.15, -0.1) is 0 Å². The third-order valence-electron chi connectivity index (χ3n) is 4.99. The maximum atomic E-state index is 13.5. The Kier molecular flexibility index (Phi) is 8.65. The summed E-state index contributed by atoms with van der Waals surface area (Å²) in [6.45, 7) is 5.24. The molecule has 8 nitrogen and oxygen atoms in total. The van der Waals surface area contributed by atoms with Crippen molar-refractivity contribution in [3.63, 3.8) is 0 Å². The van der Waals surface area contributed by atoms with Crippen LogP contribution in [0.4, 0.5) is 15.8 Å². The van der Waals surface area contributed by atoms with Gasteiger partial charge in [0.05, 0.1) is 28.4 Å². The summed E-state index contributed by atoms with van der Waals surface area (Å²) >= 11 is 0. The van der Waals surface area contributed by atoms with Crippen molar-refractivity contribution in [3.05, 3.63) is 84.2 Å². The second-order valence-corrected chi connectivity index (χ2v) is 9.98. The Morgan fingerprint density at radius 1 is 0.972 bits per heavy atom. The molecule has 0 aliphatic rings. The molecule has 10 heteroatoms. The van der Waals surface area contributed by atoms with Crippen molar-refractivity contribution in [2.75, 3.05) is 22.8 Å². The SMILES string of the molecule is CCOc1ccc(S(=O)(=O)N(CC(=O)Nc2ccccc2C(=O)NC(C)C)c2ccc(F)cc2)cc1. The maximum absolute atomic E-state index is 13.5. The average molecular weight is 514 g/mol. The number of halogens is 1. The molecular weight excluding hydrogens is 485 g/mol. The van der Waals surface area contributed by atoms with Gasteiger partial charge in [-0.25, -0.2) is 12.8 Å². The normalized spacial score (nSPS) is 11.1. The van der Waals surface area contributed by atoms with Crippen LogP contribution < -0.4 is 19.7 Å². The van der Waals surface area contributed by atoms with E-state index in [-0.39, 0.29) is 33.8 Å². The minimum atomic E-state index is -4.21. The lowest BCUT2D eigenvalue weighted by Gasteiger charge is -2.24. The molecule has 0 aliphatic heterocycles. The van der Waals surface area contributed by atoms with Gasteiger partial charge in [0.25, 0.3) is 15.9 Å². The molecule has 2 amide bonds. The largest absolute Gasteiger partial charge is 0.494 e. The van der Waals surface area contributed by atoms with Gasteiger partial charge >= 0.3 is 0 Å². The fourth-order valence-electron chi connectivity index (χ4n) is 3.37. The van der Waals surface area contributed by atoms with Crippen LogP contribution in [0.1, 0.15) is 31.1 Å². The van der Waals surface area contributed by atoms with Crippen molar-refractivity contribution < 1.29 is 27.1 Å². The molecule has 3 aromatic rings. The van der Waals surface area contributed by atoms with Crippen LogP contribution in [0.5, 0.6) is 5.75 Å².